The second-order valence-corrected chi connectivity index (χ2v) is 8.51. The van der Waals surface area contributed by atoms with E-state index in [0.29, 0.717) is 0 Å². The van der Waals surface area contributed by atoms with Crippen molar-refractivity contribution in [3.63, 3.8) is 0 Å². The van der Waals surface area contributed by atoms with Gasteiger partial charge in [-0.25, -0.2) is 0 Å². The Kier molecular flexibility index (Phi) is 5.72. The molecule has 4 heteroatoms. The van der Waals surface area contributed by atoms with E-state index in [9.17, 15) is 9.59 Å². The monoisotopic (exact) mass is 448 g/mol. The Hall–Kier alpha value is -4.18. The molecule has 1 N–H and O–H groups in total. The Balaban J connectivity index is 0.000000142. The molecule has 4 nitrogen and oxygen atoms in total. The van der Waals surface area contributed by atoms with Crippen LogP contribution in [-0.4, -0.2) is 17.0 Å². The maximum Gasteiger partial charge on any atom is 0.307 e. The number of carbonyl (C=O) groups excluding carboxylic acids is 1. The number of rotatable bonds is 3. The van der Waals surface area contributed by atoms with Crippen molar-refractivity contribution in [1.82, 2.24) is 0 Å². The van der Waals surface area contributed by atoms with Gasteiger partial charge in [0.05, 0.1) is 6.42 Å². The summed E-state index contributed by atoms with van der Waals surface area (Å²) in [7, 11) is 0. The van der Waals surface area contributed by atoms with Gasteiger partial charge in [-0.2, -0.15) is 0 Å². The van der Waals surface area contributed by atoms with Crippen LogP contribution in [0.15, 0.2) is 91.0 Å². The lowest BCUT2D eigenvalue weighted by Crippen LogP contribution is -2.06. The molecule has 168 valence electrons. The molecule has 4 aromatic carbocycles. The summed E-state index contributed by atoms with van der Waals surface area (Å²) in [6.07, 6.45) is 0.714. The van der Waals surface area contributed by atoms with Crippen LogP contribution < -0.4 is 0 Å². The van der Waals surface area contributed by atoms with Gasteiger partial charge in [0.15, 0.2) is 6.10 Å². The van der Waals surface area contributed by atoms with E-state index in [1.165, 1.54) is 29.2 Å². The zero-order valence-electron chi connectivity index (χ0n) is 18.8. The maximum absolute atomic E-state index is 11.2. The van der Waals surface area contributed by atoms with Gasteiger partial charge in [0.1, 0.15) is 0 Å². The Bertz CT molecular complexity index is 1360. The number of aliphatic carboxylic acids is 1. The molecule has 0 spiro atoms. The van der Waals surface area contributed by atoms with Crippen LogP contribution in [0.5, 0.6) is 0 Å². The van der Waals surface area contributed by atoms with Crippen molar-refractivity contribution >= 4 is 11.9 Å². The molecule has 4 aromatic rings. The Morgan fingerprint density at radius 1 is 0.765 bits per heavy atom. The van der Waals surface area contributed by atoms with Crippen molar-refractivity contribution in [2.75, 3.05) is 0 Å². The minimum atomic E-state index is -0.769. The van der Waals surface area contributed by atoms with Gasteiger partial charge in [0, 0.05) is 18.1 Å². The highest BCUT2D eigenvalue weighted by molar-refractivity contribution is 5.81. The largest absolute Gasteiger partial charge is 0.481 e. The molecule has 0 aromatic heterocycles. The number of benzene rings is 4. The van der Waals surface area contributed by atoms with Crippen LogP contribution in [0.1, 0.15) is 40.8 Å². The van der Waals surface area contributed by atoms with Crippen molar-refractivity contribution in [2.24, 2.45) is 0 Å². The van der Waals surface area contributed by atoms with Crippen LogP contribution in [0.25, 0.3) is 22.3 Å². The molecule has 0 atom stereocenters. The molecule has 2 aliphatic carbocycles. The molecule has 0 fully saturated rings. The van der Waals surface area contributed by atoms with Gasteiger partial charge in [0.2, 0.25) is 0 Å². The fraction of sp³-hybridized carbons (Fsp3) is 0.133. The van der Waals surface area contributed by atoms with E-state index >= 15 is 0 Å². The molecule has 0 radical (unpaired) electrons. The smallest absolute Gasteiger partial charge is 0.307 e. The Morgan fingerprint density at radius 3 is 1.94 bits per heavy atom. The predicted molar refractivity (Wildman–Crippen MR) is 132 cm³/mol. The zero-order chi connectivity index (χ0) is 23.7. The normalized spacial score (nSPS) is 12.5. The molecule has 34 heavy (non-hydrogen) atoms. The summed E-state index contributed by atoms with van der Waals surface area (Å²) >= 11 is 0. The highest BCUT2D eigenvalue weighted by Crippen LogP contribution is 2.45. The van der Waals surface area contributed by atoms with Gasteiger partial charge in [-0.1, -0.05) is 91.0 Å². The first-order valence-corrected chi connectivity index (χ1v) is 11.3. The molecule has 0 saturated carbocycles. The summed E-state index contributed by atoms with van der Waals surface area (Å²) in [5.41, 5.74) is 10.3. The molecule has 0 unspecified atom stereocenters. The molecule has 2 aliphatic rings. The lowest BCUT2D eigenvalue weighted by atomic mass is 9.99. The number of fused-ring (bicyclic) bond motifs is 6. The molecule has 0 heterocycles. The van der Waals surface area contributed by atoms with E-state index in [-0.39, 0.29) is 18.5 Å². The summed E-state index contributed by atoms with van der Waals surface area (Å²) in [6.45, 7) is 1.45. The minimum absolute atomic E-state index is 0.108. The number of carbonyl (C=O) groups is 2. The highest BCUT2D eigenvalue weighted by atomic mass is 16.5. The van der Waals surface area contributed by atoms with E-state index in [4.69, 9.17) is 9.84 Å². The zero-order valence-corrected chi connectivity index (χ0v) is 18.8. The first-order valence-electron chi connectivity index (χ1n) is 11.3. The summed E-state index contributed by atoms with van der Waals surface area (Å²) < 4.78 is 5.43. The molecule has 0 bridgehead atoms. The maximum atomic E-state index is 11.2. The van der Waals surface area contributed by atoms with Gasteiger partial charge >= 0.3 is 11.9 Å². The fourth-order valence-corrected chi connectivity index (χ4v) is 4.95. The van der Waals surface area contributed by atoms with E-state index in [2.05, 4.69) is 30.3 Å². The van der Waals surface area contributed by atoms with E-state index in [1.54, 1.807) is 0 Å². The topological polar surface area (TPSA) is 63.6 Å². The van der Waals surface area contributed by atoms with Gasteiger partial charge < -0.3 is 9.84 Å². The van der Waals surface area contributed by atoms with Gasteiger partial charge in [-0.05, 0) is 45.4 Å². The van der Waals surface area contributed by atoms with Gasteiger partial charge in [0.25, 0.3) is 0 Å². The van der Waals surface area contributed by atoms with Crippen molar-refractivity contribution < 1.29 is 19.4 Å². The van der Waals surface area contributed by atoms with Crippen molar-refractivity contribution in [1.29, 1.82) is 0 Å². The predicted octanol–water partition coefficient (Wildman–Crippen LogP) is 6.20. The highest BCUT2D eigenvalue weighted by Gasteiger charge is 2.30. The molecular weight excluding hydrogens is 424 g/mol. The lowest BCUT2D eigenvalue weighted by Gasteiger charge is -2.13. The Labute approximate surface area is 198 Å². The third-order valence-electron chi connectivity index (χ3n) is 6.35. The number of hydrogen-bond acceptors (Lipinski definition) is 3. The number of esters is 1. The number of ether oxygens (including phenoxy) is 1. The van der Waals surface area contributed by atoms with E-state index in [0.717, 1.165) is 34.2 Å². The van der Waals surface area contributed by atoms with Gasteiger partial charge in [-0.3, -0.25) is 9.59 Å². The Morgan fingerprint density at radius 2 is 1.32 bits per heavy atom. The molecular formula is C30H24O4. The minimum Gasteiger partial charge on any atom is -0.481 e. The number of carboxylic acid groups (broad SMARTS) is 1. The summed E-state index contributed by atoms with van der Waals surface area (Å²) in [6, 6.07) is 30.3. The van der Waals surface area contributed by atoms with Crippen LogP contribution in [-0.2, 0) is 27.2 Å². The summed E-state index contributed by atoms with van der Waals surface area (Å²) in [4.78, 5) is 22.0. The van der Waals surface area contributed by atoms with Crippen LogP contribution in [0.4, 0.5) is 0 Å². The number of hydrogen-bond donors (Lipinski definition) is 1. The van der Waals surface area contributed by atoms with Crippen molar-refractivity contribution in [3.05, 3.63) is 119 Å². The summed E-state index contributed by atoms with van der Waals surface area (Å²) in [5.74, 6) is -1.02. The first kappa shape index (κ1) is 21.7. The first-order chi connectivity index (χ1) is 16.5. The molecule has 0 amide bonds. The van der Waals surface area contributed by atoms with Crippen LogP contribution in [0.3, 0.4) is 0 Å². The van der Waals surface area contributed by atoms with Crippen LogP contribution in [0, 0.1) is 0 Å². The SMILES string of the molecule is CC(=O)OC1c2ccccc2-c2ccccc21.O=C(O)Cc1cccc2c1Cc1ccccc1-2. The van der Waals surface area contributed by atoms with Crippen molar-refractivity contribution in [2.45, 2.75) is 25.9 Å². The lowest BCUT2D eigenvalue weighted by molar-refractivity contribution is -0.144. The standard InChI is InChI=1S/2C15H12O2/c1-10(16)17-15-13-8-4-2-6-11(13)12-7-3-5-9-14(12)15;16-15(17)9-11-5-3-7-13-12-6-2-1-4-10(12)8-14(11)13/h2-9,15H,1H3;1-7H,8-9H2,(H,16,17). The fourth-order valence-electron chi connectivity index (χ4n) is 4.95. The molecule has 6 rings (SSSR count). The second kappa shape index (κ2) is 8.99. The average molecular weight is 449 g/mol. The van der Waals surface area contributed by atoms with Gasteiger partial charge in [-0.15, -0.1) is 0 Å². The molecule has 0 saturated heterocycles. The van der Waals surface area contributed by atoms with Crippen LogP contribution in [0.2, 0.25) is 0 Å². The van der Waals surface area contributed by atoms with E-state index < -0.39 is 5.97 Å². The molecule has 0 aliphatic heterocycles. The van der Waals surface area contributed by atoms with Crippen LogP contribution >= 0.6 is 0 Å². The third kappa shape index (κ3) is 3.99. The number of carboxylic acids is 1. The van der Waals surface area contributed by atoms with E-state index in [1.807, 2.05) is 60.7 Å². The van der Waals surface area contributed by atoms with Crippen molar-refractivity contribution in [3.8, 4) is 22.3 Å². The average Bonchev–Trinajstić information content (AvgIpc) is 3.36. The quantitative estimate of drug-likeness (QED) is 0.334. The second-order valence-electron chi connectivity index (χ2n) is 8.51. The third-order valence-corrected chi connectivity index (χ3v) is 6.35. The summed E-state index contributed by atoms with van der Waals surface area (Å²) in [5, 5.41) is 8.92.